The molecule has 0 fully saturated rings. The first-order valence-corrected chi connectivity index (χ1v) is 5.87. The molecule has 1 aromatic carbocycles. The lowest BCUT2D eigenvalue weighted by Crippen LogP contribution is -2.38. The van der Waals surface area contributed by atoms with E-state index in [1.54, 1.807) is 0 Å². The van der Waals surface area contributed by atoms with E-state index in [1.165, 1.54) is 0 Å². The summed E-state index contributed by atoms with van der Waals surface area (Å²) in [7, 11) is 0. The zero-order chi connectivity index (χ0) is 12.5. The van der Waals surface area contributed by atoms with E-state index in [4.69, 9.17) is 5.11 Å². The molecule has 1 atom stereocenters. The highest BCUT2D eigenvalue weighted by Gasteiger charge is 2.04. The van der Waals surface area contributed by atoms with Gasteiger partial charge >= 0.3 is 0 Å². The minimum absolute atomic E-state index is 0.0290. The summed E-state index contributed by atoms with van der Waals surface area (Å²) in [6.07, 6.45) is 0.659. The van der Waals surface area contributed by atoms with Crippen molar-refractivity contribution in [1.29, 1.82) is 0 Å². The van der Waals surface area contributed by atoms with Crippen LogP contribution in [0.2, 0.25) is 0 Å². The first-order valence-electron chi connectivity index (χ1n) is 5.87. The van der Waals surface area contributed by atoms with Gasteiger partial charge in [-0.2, -0.15) is 0 Å². The molecule has 0 aromatic heterocycles. The second-order valence-corrected chi connectivity index (χ2v) is 4.06. The van der Waals surface area contributed by atoms with Gasteiger partial charge in [0, 0.05) is 19.2 Å². The zero-order valence-electron chi connectivity index (χ0n) is 10.1. The molecule has 0 radical (unpaired) electrons. The summed E-state index contributed by atoms with van der Waals surface area (Å²) < 4.78 is 0. The molecule has 0 aliphatic heterocycles. The Balaban J connectivity index is 2.17. The molecular weight excluding hydrogens is 216 g/mol. The quantitative estimate of drug-likeness (QED) is 0.652. The second kappa shape index (κ2) is 7.81. The first kappa shape index (κ1) is 13.7. The fourth-order valence-corrected chi connectivity index (χ4v) is 1.42. The van der Waals surface area contributed by atoms with Gasteiger partial charge in [0.15, 0.2) is 0 Å². The summed E-state index contributed by atoms with van der Waals surface area (Å²) in [6.45, 7) is 2.92. The lowest BCUT2D eigenvalue weighted by Gasteiger charge is -2.12. The lowest BCUT2D eigenvalue weighted by molar-refractivity contribution is -0.120. The van der Waals surface area contributed by atoms with Crippen molar-refractivity contribution in [2.45, 2.75) is 25.9 Å². The number of carbonyl (C=O) groups is 1. The summed E-state index contributed by atoms with van der Waals surface area (Å²) in [5.41, 5.74) is 1.09. The van der Waals surface area contributed by atoms with Gasteiger partial charge in [0.05, 0.1) is 6.54 Å². The summed E-state index contributed by atoms with van der Waals surface area (Å²) in [5, 5.41) is 14.6. The molecule has 0 aliphatic rings. The van der Waals surface area contributed by atoms with Crippen LogP contribution in [0.25, 0.3) is 0 Å². The molecule has 94 valence electrons. The van der Waals surface area contributed by atoms with Crippen LogP contribution in [0.3, 0.4) is 0 Å². The highest BCUT2D eigenvalue weighted by atomic mass is 16.3. The van der Waals surface area contributed by atoms with Gasteiger partial charge in [-0.05, 0) is 18.9 Å². The van der Waals surface area contributed by atoms with E-state index in [0.29, 0.717) is 13.0 Å². The molecule has 0 heterocycles. The van der Waals surface area contributed by atoms with Gasteiger partial charge in [-0.15, -0.1) is 0 Å². The van der Waals surface area contributed by atoms with E-state index in [0.717, 1.165) is 5.56 Å². The molecule has 1 aromatic rings. The predicted molar refractivity (Wildman–Crippen MR) is 67.5 cm³/mol. The molecule has 0 saturated carbocycles. The topological polar surface area (TPSA) is 61.4 Å². The van der Waals surface area contributed by atoms with Crippen LogP contribution in [0.1, 0.15) is 18.9 Å². The Morgan fingerprint density at radius 1 is 1.35 bits per heavy atom. The predicted octanol–water partition coefficient (Wildman–Crippen LogP) is 0.663. The third kappa shape index (κ3) is 6.04. The van der Waals surface area contributed by atoms with Crippen molar-refractivity contribution in [2.24, 2.45) is 0 Å². The molecule has 3 N–H and O–H groups in total. The highest BCUT2D eigenvalue weighted by molar-refractivity contribution is 5.77. The monoisotopic (exact) mass is 236 g/mol. The Hall–Kier alpha value is -1.39. The first-order chi connectivity index (χ1) is 8.22. The molecule has 1 amide bonds. The maximum Gasteiger partial charge on any atom is 0.234 e. The minimum Gasteiger partial charge on any atom is -0.396 e. The number of hydrogen-bond donors (Lipinski definition) is 3. The highest BCUT2D eigenvalue weighted by Crippen LogP contribution is 1.96. The van der Waals surface area contributed by atoms with Crippen molar-refractivity contribution in [3.8, 4) is 0 Å². The average Bonchev–Trinajstić information content (AvgIpc) is 2.35. The second-order valence-electron chi connectivity index (χ2n) is 4.06. The number of hydrogen-bond acceptors (Lipinski definition) is 3. The van der Waals surface area contributed by atoms with Gasteiger partial charge in [-0.1, -0.05) is 30.3 Å². The Bertz CT molecular complexity index is 327. The van der Waals surface area contributed by atoms with Crippen LogP contribution >= 0.6 is 0 Å². The van der Waals surface area contributed by atoms with Crippen molar-refractivity contribution in [3.63, 3.8) is 0 Å². The van der Waals surface area contributed by atoms with E-state index in [9.17, 15) is 4.79 Å². The molecule has 4 nitrogen and oxygen atoms in total. The van der Waals surface area contributed by atoms with Crippen molar-refractivity contribution in [3.05, 3.63) is 35.9 Å². The molecule has 0 saturated heterocycles. The Morgan fingerprint density at radius 2 is 2.06 bits per heavy atom. The molecule has 1 rings (SSSR count). The summed E-state index contributed by atoms with van der Waals surface area (Å²) in [6, 6.07) is 9.95. The van der Waals surface area contributed by atoms with E-state index < -0.39 is 0 Å². The van der Waals surface area contributed by atoms with Gasteiger partial charge in [-0.3, -0.25) is 4.79 Å². The smallest absolute Gasteiger partial charge is 0.234 e. The van der Waals surface area contributed by atoms with Gasteiger partial charge in [0.25, 0.3) is 0 Å². The third-order valence-electron chi connectivity index (χ3n) is 2.51. The Labute approximate surface area is 102 Å². The number of benzene rings is 1. The SMILES string of the molecule is CC(CCO)NCC(=O)NCc1ccccc1. The number of rotatable bonds is 7. The van der Waals surface area contributed by atoms with Gasteiger partial charge in [-0.25, -0.2) is 0 Å². The van der Waals surface area contributed by atoms with Crippen LogP contribution in [0, 0.1) is 0 Å². The van der Waals surface area contributed by atoms with Gasteiger partial charge in [0.2, 0.25) is 5.91 Å². The van der Waals surface area contributed by atoms with Crippen LogP contribution in [0.4, 0.5) is 0 Å². The van der Waals surface area contributed by atoms with Gasteiger partial charge < -0.3 is 15.7 Å². The maximum absolute atomic E-state index is 11.5. The van der Waals surface area contributed by atoms with Crippen LogP contribution in [0.15, 0.2) is 30.3 Å². The zero-order valence-corrected chi connectivity index (χ0v) is 10.1. The minimum atomic E-state index is -0.0290. The lowest BCUT2D eigenvalue weighted by atomic mass is 10.2. The number of aliphatic hydroxyl groups excluding tert-OH is 1. The standard InChI is InChI=1S/C13H20N2O2/c1-11(7-8-16)14-10-13(17)15-9-12-5-3-2-4-6-12/h2-6,11,14,16H,7-10H2,1H3,(H,15,17). The van der Waals surface area contributed by atoms with Gasteiger partial charge in [0.1, 0.15) is 0 Å². The normalized spacial score (nSPS) is 12.1. The molecule has 17 heavy (non-hydrogen) atoms. The third-order valence-corrected chi connectivity index (χ3v) is 2.51. The van der Waals surface area contributed by atoms with Crippen LogP contribution < -0.4 is 10.6 Å². The Kier molecular flexibility index (Phi) is 6.29. The van der Waals surface area contributed by atoms with Crippen molar-refractivity contribution in [1.82, 2.24) is 10.6 Å². The fourth-order valence-electron chi connectivity index (χ4n) is 1.42. The van der Waals surface area contributed by atoms with Crippen LogP contribution in [-0.4, -0.2) is 30.2 Å². The fraction of sp³-hybridized carbons (Fsp3) is 0.462. The number of carbonyl (C=O) groups excluding carboxylic acids is 1. The molecule has 0 bridgehead atoms. The summed E-state index contributed by atoms with van der Waals surface area (Å²) in [4.78, 5) is 11.5. The molecule has 0 spiro atoms. The van der Waals surface area contributed by atoms with Crippen LogP contribution in [0.5, 0.6) is 0 Å². The average molecular weight is 236 g/mol. The van der Waals surface area contributed by atoms with E-state index in [1.807, 2.05) is 37.3 Å². The van der Waals surface area contributed by atoms with Crippen molar-refractivity contribution in [2.75, 3.05) is 13.2 Å². The molecule has 0 aliphatic carbocycles. The Morgan fingerprint density at radius 3 is 2.71 bits per heavy atom. The van der Waals surface area contributed by atoms with E-state index >= 15 is 0 Å². The largest absolute Gasteiger partial charge is 0.396 e. The summed E-state index contributed by atoms with van der Waals surface area (Å²) in [5.74, 6) is -0.0290. The van der Waals surface area contributed by atoms with Crippen LogP contribution in [-0.2, 0) is 11.3 Å². The molecule has 4 heteroatoms. The van der Waals surface area contributed by atoms with E-state index in [-0.39, 0.29) is 25.1 Å². The van der Waals surface area contributed by atoms with Crippen molar-refractivity contribution < 1.29 is 9.90 Å². The van der Waals surface area contributed by atoms with E-state index in [2.05, 4.69) is 10.6 Å². The maximum atomic E-state index is 11.5. The number of aliphatic hydroxyl groups is 1. The summed E-state index contributed by atoms with van der Waals surface area (Å²) >= 11 is 0. The molecule has 1 unspecified atom stereocenters. The number of amides is 1. The van der Waals surface area contributed by atoms with Crippen molar-refractivity contribution >= 4 is 5.91 Å². The number of nitrogens with one attached hydrogen (secondary N) is 2. The molecular formula is C13H20N2O2.